The molecule has 1 saturated carbocycles. The van der Waals surface area contributed by atoms with E-state index < -0.39 is 24.1 Å². The topological polar surface area (TPSA) is 35.2 Å². The molecule has 2 nitrogen and oxygen atoms in total. The van der Waals surface area contributed by atoms with Crippen LogP contribution < -0.4 is 10.5 Å². The Morgan fingerprint density at radius 2 is 1.90 bits per heavy atom. The van der Waals surface area contributed by atoms with Gasteiger partial charge in [-0.1, -0.05) is 18.9 Å². The third kappa shape index (κ3) is 3.51. The van der Waals surface area contributed by atoms with Gasteiger partial charge in [0, 0.05) is 6.04 Å². The third-order valence-electron chi connectivity index (χ3n) is 4.54. The molecule has 1 aromatic rings. The molecule has 5 heteroatoms. The van der Waals surface area contributed by atoms with E-state index in [2.05, 4.69) is 0 Å². The molecule has 2 rings (SSSR count). The van der Waals surface area contributed by atoms with Gasteiger partial charge >= 0.3 is 6.18 Å². The van der Waals surface area contributed by atoms with Crippen molar-refractivity contribution in [1.29, 1.82) is 0 Å². The maximum atomic E-state index is 13.2. The van der Waals surface area contributed by atoms with E-state index in [1.54, 1.807) is 19.2 Å². The summed E-state index contributed by atoms with van der Waals surface area (Å²) in [5.74, 6) is -1.13. The van der Waals surface area contributed by atoms with E-state index in [0.29, 0.717) is 18.6 Å². The van der Waals surface area contributed by atoms with Crippen LogP contribution in [0.5, 0.6) is 5.75 Å². The predicted molar refractivity (Wildman–Crippen MR) is 76.2 cm³/mol. The lowest BCUT2D eigenvalue weighted by molar-refractivity contribution is -0.198. The third-order valence-corrected chi connectivity index (χ3v) is 4.54. The molecule has 0 aromatic heterocycles. The van der Waals surface area contributed by atoms with Crippen molar-refractivity contribution in [2.24, 2.45) is 17.6 Å². The van der Waals surface area contributed by atoms with Gasteiger partial charge in [0.25, 0.3) is 0 Å². The average molecular weight is 301 g/mol. The smallest absolute Gasteiger partial charge is 0.392 e. The van der Waals surface area contributed by atoms with Crippen LogP contribution in [0.15, 0.2) is 18.2 Å². The summed E-state index contributed by atoms with van der Waals surface area (Å²) in [6, 6.07) is 4.79. The number of hydrogen-bond donors (Lipinski definition) is 1. The molecule has 118 valence electrons. The fourth-order valence-corrected chi connectivity index (χ4v) is 3.38. The summed E-state index contributed by atoms with van der Waals surface area (Å²) in [7, 11) is 1.56. The Hall–Kier alpha value is -1.23. The number of hydrogen-bond acceptors (Lipinski definition) is 2. The molecule has 0 amide bonds. The molecule has 0 radical (unpaired) electrons. The zero-order valence-electron chi connectivity index (χ0n) is 12.4. The first-order chi connectivity index (χ1) is 9.84. The van der Waals surface area contributed by atoms with Gasteiger partial charge in [0.2, 0.25) is 0 Å². The Morgan fingerprint density at radius 1 is 1.24 bits per heavy atom. The number of rotatable bonds is 3. The average Bonchev–Trinajstić information content (AvgIpc) is 2.45. The van der Waals surface area contributed by atoms with Crippen molar-refractivity contribution in [3.63, 3.8) is 0 Å². The van der Waals surface area contributed by atoms with E-state index >= 15 is 0 Å². The summed E-state index contributed by atoms with van der Waals surface area (Å²) < 4.78 is 44.8. The summed E-state index contributed by atoms with van der Waals surface area (Å²) in [5.41, 5.74) is 7.88. The van der Waals surface area contributed by atoms with Crippen LogP contribution in [0.4, 0.5) is 13.2 Å². The minimum Gasteiger partial charge on any atom is -0.497 e. The largest absolute Gasteiger partial charge is 0.497 e. The summed E-state index contributed by atoms with van der Waals surface area (Å²) in [6.07, 6.45) is -1.98. The van der Waals surface area contributed by atoms with Crippen molar-refractivity contribution in [2.75, 3.05) is 7.11 Å². The fourth-order valence-electron chi connectivity index (χ4n) is 3.38. The molecule has 0 aliphatic heterocycles. The molecule has 0 saturated heterocycles. The minimum absolute atomic E-state index is 0.192. The molecule has 1 aromatic carbocycles. The number of halogens is 3. The van der Waals surface area contributed by atoms with Gasteiger partial charge in [-0.25, -0.2) is 0 Å². The monoisotopic (exact) mass is 301 g/mol. The van der Waals surface area contributed by atoms with E-state index in [1.807, 2.05) is 13.0 Å². The van der Waals surface area contributed by atoms with Gasteiger partial charge in [-0.15, -0.1) is 0 Å². The van der Waals surface area contributed by atoms with Gasteiger partial charge in [0.05, 0.1) is 13.0 Å². The SMILES string of the molecule is COc1ccc(C(N)C2CCCCC2C(F)(F)F)c(C)c1. The van der Waals surface area contributed by atoms with Gasteiger partial charge in [-0.2, -0.15) is 13.2 Å². The highest BCUT2D eigenvalue weighted by Crippen LogP contribution is 2.46. The highest BCUT2D eigenvalue weighted by Gasteiger charge is 2.47. The number of benzene rings is 1. The van der Waals surface area contributed by atoms with Gasteiger partial charge in [-0.3, -0.25) is 0 Å². The first-order valence-corrected chi connectivity index (χ1v) is 7.31. The van der Waals surface area contributed by atoms with E-state index in [0.717, 1.165) is 17.5 Å². The number of ether oxygens (including phenoxy) is 1. The molecule has 2 N–H and O–H groups in total. The molecular weight excluding hydrogens is 279 g/mol. The Bertz CT molecular complexity index is 487. The highest BCUT2D eigenvalue weighted by atomic mass is 19.4. The fraction of sp³-hybridized carbons (Fsp3) is 0.625. The molecule has 1 aliphatic carbocycles. The standard InChI is InChI=1S/C16H22F3NO/c1-10-9-11(21-2)7-8-12(10)15(20)13-5-3-4-6-14(13)16(17,18)19/h7-9,13-15H,3-6,20H2,1-2H3. The lowest BCUT2D eigenvalue weighted by Gasteiger charge is -2.37. The normalized spacial score (nSPS) is 24.7. The Morgan fingerprint density at radius 3 is 2.48 bits per heavy atom. The molecular formula is C16H22F3NO. The number of aryl methyl sites for hydroxylation is 1. The van der Waals surface area contributed by atoms with Crippen LogP contribution in [0.1, 0.15) is 42.9 Å². The number of methoxy groups -OCH3 is 1. The Balaban J connectivity index is 2.26. The quantitative estimate of drug-likeness (QED) is 0.899. The van der Waals surface area contributed by atoms with Crippen LogP contribution >= 0.6 is 0 Å². The van der Waals surface area contributed by atoms with Gasteiger partial charge < -0.3 is 10.5 Å². The Labute approximate surface area is 123 Å². The first kappa shape index (κ1) is 16.1. The molecule has 3 atom stereocenters. The highest BCUT2D eigenvalue weighted by molar-refractivity contribution is 5.37. The van der Waals surface area contributed by atoms with Gasteiger partial charge in [0.15, 0.2) is 0 Å². The first-order valence-electron chi connectivity index (χ1n) is 7.31. The van der Waals surface area contributed by atoms with E-state index in [-0.39, 0.29) is 6.42 Å². The summed E-state index contributed by atoms with van der Waals surface area (Å²) in [5, 5.41) is 0. The summed E-state index contributed by atoms with van der Waals surface area (Å²) in [6.45, 7) is 1.86. The molecule has 0 bridgehead atoms. The summed E-state index contributed by atoms with van der Waals surface area (Å²) >= 11 is 0. The van der Waals surface area contributed by atoms with E-state index in [4.69, 9.17) is 10.5 Å². The van der Waals surface area contributed by atoms with Crippen LogP contribution in [0.25, 0.3) is 0 Å². The number of alkyl halides is 3. The van der Waals surface area contributed by atoms with Crippen molar-refractivity contribution in [2.45, 2.75) is 44.8 Å². The Kier molecular flexibility index (Phi) is 4.81. The lowest BCUT2D eigenvalue weighted by atomic mass is 9.73. The van der Waals surface area contributed by atoms with Crippen LogP contribution in [-0.4, -0.2) is 13.3 Å². The lowest BCUT2D eigenvalue weighted by Crippen LogP contribution is -2.39. The van der Waals surface area contributed by atoms with Gasteiger partial charge in [-0.05, 0) is 48.9 Å². The van der Waals surface area contributed by atoms with Crippen molar-refractivity contribution in [3.05, 3.63) is 29.3 Å². The predicted octanol–water partition coefficient (Wildman–Crippen LogP) is 4.37. The minimum atomic E-state index is -4.16. The molecule has 1 aliphatic rings. The second kappa shape index (κ2) is 6.26. The van der Waals surface area contributed by atoms with Gasteiger partial charge in [0.1, 0.15) is 5.75 Å². The second-order valence-corrected chi connectivity index (χ2v) is 5.84. The van der Waals surface area contributed by atoms with Crippen LogP contribution in [0, 0.1) is 18.8 Å². The molecule has 3 unspecified atom stereocenters. The van der Waals surface area contributed by atoms with Crippen molar-refractivity contribution < 1.29 is 17.9 Å². The zero-order valence-corrected chi connectivity index (χ0v) is 12.4. The van der Waals surface area contributed by atoms with Crippen molar-refractivity contribution >= 4 is 0 Å². The van der Waals surface area contributed by atoms with Crippen molar-refractivity contribution in [3.8, 4) is 5.75 Å². The maximum absolute atomic E-state index is 13.2. The zero-order chi connectivity index (χ0) is 15.6. The second-order valence-electron chi connectivity index (χ2n) is 5.84. The van der Waals surface area contributed by atoms with Crippen LogP contribution in [-0.2, 0) is 0 Å². The van der Waals surface area contributed by atoms with E-state index in [9.17, 15) is 13.2 Å². The van der Waals surface area contributed by atoms with Crippen LogP contribution in [0.3, 0.4) is 0 Å². The molecule has 1 fully saturated rings. The van der Waals surface area contributed by atoms with Crippen molar-refractivity contribution in [1.82, 2.24) is 0 Å². The van der Waals surface area contributed by atoms with Crippen LogP contribution in [0.2, 0.25) is 0 Å². The number of nitrogens with two attached hydrogens (primary N) is 1. The van der Waals surface area contributed by atoms with E-state index in [1.165, 1.54) is 0 Å². The summed E-state index contributed by atoms with van der Waals surface area (Å²) in [4.78, 5) is 0. The molecule has 0 spiro atoms. The molecule has 21 heavy (non-hydrogen) atoms. The molecule has 0 heterocycles. The maximum Gasteiger partial charge on any atom is 0.392 e.